The number of hydrogen-bond acceptors (Lipinski definition) is 4. The van der Waals surface area contributed by atoms with E-state index in [0.717, 1.165) is 12.2 Å². The molecule has 7 heteroatoms. The molecule has 6 nitrogen and oxygen atoms in total. The first-order chi connectivity index (χ1) is 11.3. The summed E-state index contributed by atoms with van der Waals surface area (Å²) in [6.45, 7) is 6.01. The number of nitrogens with zero attached hydrogens (tertiary/aromatic N) is 2. The highest BCUT2D eigenvalue weighted by Crippen LogP contribution is 2.24. The highest BCUT2D eigenvalue weighted by atomic mass is 32.2. The Hall–Kier alpha value is -1.31. The first-order valence-corrected chi connectivity index (χ1v) is 9.71. The summed E-state index contributed by atoms with van der Waals surface area (Å²) in [7, 11) is -0.209. The van der Waals surface area contributed by atoms with E-state index in [1.807, 2.05) is 12.1 Å². The van der Waals surface area contributed by atoms with Crippen LogP contribution in [0.2, 0.25) is 0 Å². The molecule has 0 aromatic heterocycles. The molecule has 0 spiro atoms. The van der Waals surface area contributed by atoms with Crippen LogP contribution in [0.3, 0.4) is 0 Å². The molecule has 24 heavy (non-hydrogen) atoms. The van der Waals surface area contributed by atoms with E-state index in [-0.39, 0.29) is 0 Å². The molecule has 1 aromatic rings. The van der Waals surface area contributed by atoms with Crippen molar-refractivity contribution < 1.29 is 17.9 Å². The zero-order chi connectivity index (χ0) is 17.7. The number of hydrogen-bond donors (Lipinski definition) is 0. The molecule has 2 atom stereocenters. The molecule has 1 aromatic carbocycles. The predicted molar refractivity (Wildman–Crippen MR) is 94.6 cm³/mol. The van der Waals surface area contributed by atoms with Crippen molar-refractivity contribution in [2.45, 2.75) is 20.3 Å². The number of methoxy groups -OCH3 is 1. The fourth-order valence-electron chi connectivity index (χ4n) is 3.07. The summed E-state index contributed by atoms with van der Waals surface area (Å²) in [5.74, 6) is 2.25. The molecule has 2 unspecified atom stereocenters. The van der Waals surface area contributed by atoms with Crippen LogP contribution in [0.1, 0.15) is 20.3 Å². The van der Waals surface area contributed by atoms with Crippen molar-refractivity contribution in [3.05, 3.63) is 24.3 Å². The standard InChI is InChI=1S/C17H28N2O4S/c1-14-11-15(2)13-19(12-14)24(20,21)18(3)9-10-23-17-7-5-16(22-4)6-8-17/h5-8,14-15H,9-13H2,1-4H3. The van der Waals surface area contributed by atoms with Crippen LogP contribution < -0.4 is 9.47 Å². The molecule has 0 bridgehead atoms. The highest BCUT2D eigenvalue weighted by molar-refractivity contribution is 7.86. The number of ether oxygens (including phenoxy) is 2. The van der Waals surface area contributed by atoms with E-state index in [1.165, 1.54) is 4.31 Å². The third kappa shape index (κ3) is 4.84. The molecular weight excluding hydrogens is 328 g/mol. The topological polar surface area (TPSA) is 59.1 Å². The Bertz CT molecular complexity index is 608. The van der Waals surface area contributed by atoms with Gasteiger partial charge in [0.2, 0.25) is 0 Å². The van der Waals surface area contributed by atoms with E-state index < -0.39 is 10.2 Å². The van der Waals surface area contributed by atoms with Gasteiger partial charge in [-0.05, 0) is 42.5 Å². The van der Waals surface area contributed by atoms with Gasteiger partial charge in [-0.2, -0.15) is 17.0 Å². The molecule has 0 aliphatic carbocycles. The average molecular weight is 356 g/mol. The summed E-state index contributed by atoms with van der Waals surface area (Å²) >= 11 is 0. The van der Waals surface area contributed by atoms with Gasteiger partial charge in [-0.3, -0.25) is 0 Å². The minimum absolute atomic E-state index is 0.307. The lowest BCUT2D eigenvalue weighted by atomic mass is 9.94. The van der Waals surface area contributed by atoms with Crippen molar-refractivity contribution in [3.63, 3.8) is 0 Å². The maximum atomic E-state index is 12.7. The van der Waals surface area contributed by atoms with Gasteiger partial charge < -0.3 is 9.47 Å². The van der Waals surface area contributed by atoms with E-state index in [1.54, 1.807) is 30.6 Å². The lowest BCUT2D eigenvalue weighted by molar-refractivity contribution is 0.207. The molecular formula is C17H28N2O4S. The molecule has 0 radical (unpaired) electrons. The van der Waals surface area contributed by atoms with Crippen molar-refractivity contribution >= 4 is 10.2 Å². The second-order valence-electron chi connectivity index (χ2n) is 6.62. The second kappa shape index (κ2) is 8.18. The average Bonchev–Trinajstić information content (AvgIpc) is 2.54. The predicted octanol–water partition coefficient (Wildman–Crippen LogP) is 2.23. The summed E-state index contributed by atoms with van der Waals surface area (Å²) in [6.07, 6.45) is 1.08. The summed E-state index contributed by atoms with van der Waals surface area (Å²) < 4.78 is 39.1. The second-order valence-corrected chi connectivity index (χ2v) is 8.65. The Balaban J connectivity index is 1.87. The largest absolute Gasteiger partial charge is 0.497 e. The van der Waals surface area contributed by atoms with Crippen molar-refractivity contribution in [1.29, 1.82) is 0 Å². The minimum atomic E-state index is -3.43. The SMILES string of the molecule is COc1ccc(OCCN(C)S(=O)(=O)N2CC(C)CC(C)C2)cc1. The Morgan fingerprint density at radius 2 is 1.67 bits per heavy atom. The van der Waals surface area contributed by atoms with Crippen LogP contribution in [0.15, 0.2) is 24.3 Å². The van der Waals surface area contributed by atoms with Crippen LogP contribution in [-0.4, -0.2) is 57.4 Å². The number of piperidine rings is 1. The van der Waals surface area contributed by atoms with E-state index >= 15 is 0 Å². The zero-order valence-corrected chi connectivity index (χ0v) is 15.8. The fraction of sp³-hybridized carbons (Fsp3) is 0.647. The van der Waals surface area contributed by atoms with Gasteiger partial charge in [0.25, 0.3) is 10.2 Å². The van der Waals surface area contributed by atoms with Gasteiger partial charge in [0, 0.05) is 26.7 Å². The van der Waals surface area contributed by atoms with Crippen molar-refractivity contribution in [2.75, 3.05) is 40.4 Å². The van der Waals surface area contributed by atoms with Crippen LogP contribution in [-0.2, 0) is 10.2 Å². The molecule has 1 saturated heterocycles. The first-order valence-electron chi connectivity index (χ1n) is 8.31. The summed E-state index contributed by atoms with van der Waals surface area (Å²) in [5, 5.41) is 0. The highest BCUT2D eigenvalue weighted by Gasteiger charge is 2.32. The molecule has 1 fully saturated rings. The van der Waals surface area contributed by atoms with Crippen LogP contribution in [0.25, 0.3) is 0 Å². The monoisotopic (exact) mass is 356 g/mol. The third-order valence-electron chi connectivity index (χ3n) is 4.29. The Labute approximate surface area is 145 Å². The summed E-state index contributed by atoms with van der Waals surface area (Å²) in [6, 6.07) is 7.24. The Kier molecular flexibility index (Phi) is 6.48. The summed E-state index contributed by atoms with van der Waals surface area (Å²) in [4.78, 5) is 0. The third-order valence-corrected chi connectivity index (χ3v) is 6.21. The van der Waals surface area contributed by atoms with E-state index in [2.05, 4.69) is 13.8 Å². The van der Waals surface area contributed by atoms with Crippen LogP contribution in [0.5, 0.6) is 11.5 Å². The maximum Gasteiger partial charge on any atom is 0.281 e. The molecule has 136 valence electrons. The maximum absolute atomic E-state index is 12.7. The van der Waals surface area contributed by atoms with E-state index in [4.69, 9.17) is 9.47 Å². The number of benzene rings is 1. The Morgan fingerprint density at radius 1 is 1.12 bits per heavy atom. The minimum Gasteiger partial charge on any atom is -0.497 e. The smallest absolute Gasteiger partial charge is 0.281 e. The first kappa shape index (κ1) is 19.0. The lowest BCUT2D eigenvalue weighted by Gasteiger charge is -2.36. The fourth-order valence-corrected chi connectivity index (χ4v) is 4.66. The van der Waals surface area contributed by atoms with Crippen molar-refractivity contribution in [3.8, 4) is 11.5 Å². The molecule has 1 heterocycles. The number of rotatable bonds is 7. The van der Waals surface area contributed by atoms with Gasteiger partial charge in [0.05, 0.1) is 7.11 Å². The van der Waals surface area contributed by atoms with Gasteiger partial charge in [0.15, 0.2) is 0 Å². The molecule has 0 saturated carbocycles. The van der Waals surface area contributed by atoms with Crippen molar-refractivity contribution in [1.82, 2.24) is 8.61 Å². The number of likely N-dealkylation sites (N-methyl/N-ethyl adjacent to an activating group) is 1. The van der Waals surface area contributed by atoms with Crippen molar-refractivity contribution in [2.24, 2.45) is 11.8 Å². The van der Waals surface area contributed by atoms with Gasteiger partial charge in [0.1, 0.15) is 18.1 Å². The van der Waals surface area contributed by atoms with Crippen LogP contribution >= 0.6 is 0 Å². The van der Waals surface area contributed by atoms with E-state index in [0.29, 0.717) is 43.8 Å². The molecule has 0 N–H and O–H groups in total. The molecule has 2 rings (SSSR count). The molecule has 0 amide bonds. The van der Waals surface area contributed by atoms with Gasteiger partial charge >= 0.3 is 0 Å². The summed E-state index contributed by atoms with van der Waals surface area (Å²) in [5.41, 5.74) is 0. The van der Waals surface area contributed by atoms with Gasteiger partial charge in [-0.1, -0.05) is 13.8 Å². The molecule has 1 aliphatic rings. The zero-order valence-electron chi connectivity index (χ0n) is 14.9. The van der Waals surface area contributed by atoms with Gasteiger partial charge in [-0.15, -0.1) is 0 Å². The normalized spacial score (nSPS) is 22.5. The Morgan fingerprint density at radius 3 is 2.21 bits per heavy atom. The molecule has 1 aliphatic heterocycles. The lowest BCUT2D eigenvalue weighted by Crippen LogP contribution is -2.49. The van der Waals surface area contributed by atoms with Crippen LogP contribution in [0.4, 0.5) is 0 Å². The van der Waals surface area contributed by atoms with Crippen LogP contribution in [0, 0.1) is 11.8 Å². The van der Waals surface area contributed by atoms with Gasteiger partial charge in [-0.25, -0.2) is 0 Å². The van der Waals surface area contributed by atoms with E-state index in [9.17, 15) is 8.42 Å². The quantitative estimate of drug-likeness (QED) is 0.752.